The molecule has 0 saturated heterocycles. The maximum Gasteiger partial charge on any atom is 0.345 e. The Kier molecular flexibility index (Phi) is 2.05. The van der Waals surface area contributed by atoms with Crippen LogP contribution in [0, 0.1) is 13.8 Å². The number of aromatic nitrogens is 2. The SMILES string of the molecule is Cc1nc(=O)[nH]c(C)c1CN. The van der Waals surface area contributed by atoms with Crippen LogP contribution in [0.1, 0.15) is 17.0 Å². The summed E-state index contributed by atoms with van der Waals surface area (Å²) in [5, 5.41) is 0. The number of nitrogens with zero attached hydrogens (tertiary/aromatic N) is 1. The number of H-pyrrole nitrogens is 1. The first-order valence-electron chi connectivity index (χ1n) is 3.41. The first-order chi connectivity index (χ1) is 5.15. The zero-order valence-electron chi connectivity index (χ0n) is 6.64. The Morgan fingerprint density at radius 2 is 2.18 bits per heavy atom. The number of nitrogens with one attached hydrogen (secondary N) is 1. The number of nitrogens with two attached hydrogens (primary N) is 1. The summed E-state index contributed by atoms with van der Waals surface area (Å²) in [5.41, 5.74) is 7.58. The van der Waals surface area contributed by atoms with Crippen LogP contribution in [0.3, 0.4) is 0 Å². The van der Waals surface area contributed by atoms with E-state index in [-0.39, 0.29) is 5.69 Å². The summed E-state index contributed by atoms with van der Waals surface area (Å²) >= 11 is 0. The molecular weight excluding hydrogens is 142 g/mol. The fourth-order valence-corrected chi connectivity index (χ4v) is 1.06. The van der Waals surface area contributed by atoms with Crippen LogP contribution in [0.15, 0.2) is 4.79 Å². The number of hydrogen-bond acceptors (Lipinski definition) is 3. The van der Waals surface area contributed by atoms with Crippen molar-refractivity contribution < 1.29 is 0 Å². The van der Waals surface area contributed by atoms with Gasteiger partial charge in [0.2, 0.25) is 0 Å². The van der Waals surface area contributed by atoms with E-state index in [1.165, 1.54) is 0 Å². The summed E-state index contributed by atoms with van der Waals surface area (Å²) < 4.78 is 0. The van der Waals surface area contributed by atoms with E-state index in [1.807, 2.05) is 6.92 Å². The van der Waals surface area contributed by atoms with Gasteiger partial charge in [-0.25, -0.2) is 4.79 Å². The quantitative estimate of drug-likeness (QED) is 0.589. The predicted octanol–water partition coefficient (Wildman–Crippen LogP) is -0.155. The van der Waals surface area contributed by atoms with Gasteiger partial charge in [-0.2, -0.15) is 4.98 Å². The summed E-state index contributed by atoms with van der Waals surface area (Å²) in [6.45, 7) is 4.02. The molecular formula is C7H11N3O. The molecule has 0 aromatic carbocycles. The van der Waals surface area contributed by atoms with E-state index in [9.17, 15) is 4.79 Å². The highest BCUT2D eigenvalue weighted by molar-refractivity contribution is 5.21. The Labute approximate surface area is 64.5 Å². The van der Waals surface area contributed by atoms with E-state index in [4.69, 9.17) is 5.73 Å². The predicted molar refractivity (Wildman–Crippen MR) is 42.2 cm³/mol. The van der Waals surface area contributed by atoms with E-state index < -0.39 is 0 Å². The molecule has 0 saturated carbocycles. The van der Waals surface area contributed by atoms with Gasteiger partial charge >= 0.3 is 5.69 Å². The third-order valence-corrected chi connectivity index (χ3v) is 1.66. The van der Waals surface area contributed by atoms with Crippen LogP contribution in [0.4, 0.5) is 0 Å². The summed E-state index contributed by atoms with van der Waals surface area (Å²) in [5.74, 6) is 0. The molecule has 60 valence electrons. The Bertz CT molecular complexity index is 290. The van der Waals surface area contributed by atoms with Crippen LogP contribution in [0.5, 0.6) is 0 Å². The molecule has 1 heterocycles. The minimum atomic E-state index is -0.308. The topological polar surface area (TPSA) is 71.8 Å². The van der Waals surface area contributed by atoms with Gasteiger partial charge in [-0.15, -0.1) is 0 Å². The lowest BCUT2D eigenvalue weighted by molar-refractivity contribution is 0.901. The van der Waals surface area contributed by atoms with Crippen molar-refractivity contribution in [3.05, 3.63) is 27.4 Å². The van der Waals surface area contributed by atoms with Gasteiger partial charge in [0.15, 0.2) is 0 Å². The maximum absolute atomic E-state index is 10.8. The third-order valence-electron chi connectivity index (χ3n) is 1.66. The first-order valence-corrected chi connectivity index (χ1v) is 3.41. The van der Waals surface area contributed by atoms with Crippen LogP contribution >= 0.6 is 0 Å². The second kappa shape index (κ2) is 2.84. The fourth-order valence-electron chi connectivity index (χ4n) is 1.06. The van der Waals surface area contributed by atoms with Crippen molar-refractivity contribution in [3.8, 4) is 0 Å². The number of hydrogen-bond donors (Lipinski definition) is 2. The summed E-state index contributed by atoms with van der Waals surface area (Å²) in [6, 6.07) is 0. The molecule has 4 nitrogen and oxygen atoms in total. The van der Waals surface area contributed by atoms with Crippen molar-refractivity contribution in [1.29, 1.82) is 0 Å². The number of aromatic amines is 1. The lowest BCUT2D eigenvalue weighted by Gasteiger charge is -2.03. The number of rotatable bonds is 1. The fraction of sp³-hybridized carbons (Fsp3) is 0.429. The smallest absolute Gasteiger partial charge is 0.326 e. The zero-order valence-corrected chi connectivity index (χ0v) is 6.64. The molecule has 1 aromatic heterocycles. The first kappa shape index (κ1) is 7.94. The van der Waals surface area contributed by atoms with Crippen LogP contribution in [0.2, 0.25) is 0 Å². The molecule has 1 aromatic rings. The minimum Gasteiger partial charge on any atom is -0.326 e. The lowest BCUT2D eigenvalue weighted by Crippen LogP contribution is -2.17. The summed E-state index contributed by atoms with van der Waals surface area (Å²) in [6.07, 6.45) is 0. The maximum atomic E-state index is 10.8. The third kappa shape index (κ3) is 1.46. The van der Waals surface area contributed by atoms with E-state index in [0.29, 0.717) is 12.2 Å². The van der Waals surface area contributed by atoms with Gasteiger partial charge in [-0.3, -0.25) is 0 Å². The highest BCUT2D eigenvalue weighted by Gasteiger charge is 2.01. The van der Waals surface area contributed by atoms with Crippen molar-refractivity contribution in [2.45, 2.75) is 20.4 Å². The highest BCUT2D eigenvalue weighted by Crippen LogP contribution is 2.03. The normalized spacial score (nSPS) is 10.1. The largest absolute Gasteiger partial charge is 0.345 e. The van der Waals surface area contributed by atoms with E-state index in [1.54, 1.807) is 6.92 Å². The monoisotopic (exact) mass is 153 g/mol. The second-order valence-electron chi connectivity index (χ2n) is 2.44. The van der Waals surface area contributed by atoms with Gasteiger partial charge in [0.1, 0.15) is 0 Å². The van der Waals surface area contributed by atoms with Crippen LogP contribution < -0.4 is 11.4 Å². The molecule has 0 aliphatic rings. The van der Waals surface area contributed by atoms with Gasteiger partial charge in [0, 0.05) is 23.5 Å². The Hall–Kier alpha value is -1.16. The van der Waals surface area contributed by atoms with Gasteiger partial charge < -0.3 is 10.7 Å². The molecule has 1 rings (SSSR count). The minimum absolute atomic E-state index is 0.308. The molecule has 0 aliphatic carbocycles. The van der Waals surface area contributed by atoms with Crippen LogP contribution in [-0.4, -0.2) is 9.97 Å². The zero-order chi connectivity index (χ0) is 8.43. The average molecular weight is 153 g/mol. The molecule has 0 bridgehead atoms. The Morgan fingerprint density at radius 1 is 1.55 bits per heavy atom. The van der Waals surface area contributed by atoms with Gasteiger partial charge in [0.25, 0.3) is 0 Å². The van der Waals surface area contributed by atoms with Gasteiger partial charge in [-0.1, -0.05) is 0 Å². The molecule has 0 aliphatic heterocycles. The van der Waals surface area contributed by atoms with Gasteiger partial charge in [0.05, 0.1) is 0 Å². The molecule has 3 N–H and O–H groups in total. The highest BCUT2D eigenvalue weighted by atomic mass is 16.1. The molecule has 0 unspecified atom stereocenters. The van der Waals surface area contributed by atoms with E-state index >= 15 is 0 Å². The van der Waals surface area contributed by atoms with Crippen molar-refractivity contribution in [2.75, 3.05) is 0 Å². The standard InChI is InChI=1S/C7H11N3O/c1-4-6(3-8)5(2)10-7(11)9-4/h3,8H2,1-2H3,(H,9,10,11). The molecule has 4 heteroatoms. The van der Waals surface area contributed by atoms with Gasteiger partial charge in [-0.05, 0) is 13.8 Å². The molecule has 0 spiro atoms. The molecule has 0 fully saturated rings. The molecule has 0 radical (unpaired) electrons. The second-order valence-corrected chi connectivity index (χ2v) is 2.44. The van der Waals surface area contributed by atoms with Crippen LogP contribution in [0.25, 0.3) is 0 Å². The van der Waals surface area contributed by atoms with Crippen molar-refractivity contribution in [3.63, 3.8) is 0 Å². The van der Waals surface area contributed by atoms with E-state index in [0.717, 1.165) is 11.3 Å². The lowest BCUT2D eigenvalue weighted by atomic mass is 10.2. The number of aryl methyl sites for hydroxylation is 2. The van der Waals surface area contributed by atoms with E-state index in [2.05, 4.69) is 9.97 Å². The molecule has 0 amide bonds. The molecule has 11 heavy (non-hydrogen) atoms. The molecule has 0 atom stereocenters. The summed E-state index contributed by atoms with van der Waals surface area (Å²) in [4.78, 5) is 17.1. The van der Waals surface area contributed by atoms with Crippen molar-refractivity contribution in [1.82, 2.24) is 9.97 Å². The van der Waals surface area contributed by atoms with Crippen molar-refractivity contribution >= 4 is 0 Å². The Morgan fingerprint density at radius 3 is 2.64 bits per heavy atom. The van der Waals surface area contributed by atoms with Crippen LogP contribution in [-0.2, 0) is 6.54 Å². The van der Waals surface area contributed by atoms with Crippen molar-refractivity contribution in [2.24, 2.45) is 5.73 Å². The average Bonchev–Trinajstić information content (AvgIpc) is 1.85. The Balaban J connectivity index is 3.36. The summed E-state index contributed by atoms with van der Waals surface area (Å²) in [7, 11) is 0.